The predicted octanol–water partition coefficient (Wildman–Crippen LogP) is 3.86. The maximum atomic E-state index is 6.07. The van der Waals surface area contributed by atoms with E-state index in [-0.39, 0.29) is 0 Å². The summed E-state index contributed by atoms with van der Waals surface area (Å²) in [7, 11) is 1.99. The van der Waals surface area contributed by atoms with Crippen molar-refractivity contribution in [2.24, 2.45) is 7.05 Å². The third-order valence-electron chi connectivity index (χ3n) is 4.91. The van der Waals surface area contributed by atoms with E-state index in [0.29, 0.717) is 0 Å². The van der Waals surface area contributed by atoms with E-state index in [1.165, 1.54) is 24.8 Å². The molecule has 4 heteroatoms. The lowest BCUT2D eigenvalue weighted by Gasteiger charge is -2.19. The Labute approximate surface area is 136 Å². The lowest BCUT2D eigenvalue weighted by atomic mass is 10.1. The van der Waals surface area contributed by atoms with Crippen molar-refractivity contribution >= 4 is 11.0 Å². The third-order valence-corrected chi connectivity index (χ3v) is 4.91. The first-order valence-electron chi connectivity index (χ1n) is 8.44. The van der Waals surface area contributed by atoms with Gasteiger partial charge in [-0.15, -0.1) is 0 Å². The van der Waals surface area contributed by atoms with Gasteiger partial charge in [0.15, 0.2) is 0 Å². The van der Waals surface area contributed by atoms with Gasteiger partial charge in [-0.25, -0.2) is 4.98 Å². The molecule has 3 aromatic rings. The number of aromatic nitrogens is 2. The fourth-order valence-electron chi connectivity index (χ4n) is 3.51. The van der Waals surface area contributed by atoms with Crippen LogP contribution in [0, 0.1) is 0 Å². The average molecular weight is 309 g/mol. The number of imidazole rings is 1. The molecule has 1 saturated heterocycles. The van der Waals surface area contributed by atoms with Crippen molar-refractivity contribution in [3.05, 3.63) is 42.5 Å². The van der Waals surface area contributed by atoms with Crippen molar-refractivity contribution in [3.63, 3.8) is 0 Å². The standard InChI is InChI=1S/C19H23N3O/c1-14-4-3-8-22(14)9-7-17-10-16-6-5-15(11-19(16)23-17)18-12-21(2)13-20-18/h5-6,10-14H,3-4,7-9H2,1-2H3/t14-/m1/s1. The molecule has 1 aromatic carbocycles. The van der Waals surface area contributed by atoms with E-state index in [1.807, 2.05) is 24.1 Å². The Morgan fingerprint density at radius 3 is 2.96 bits per heavy atom. The fourth-order valence-corrected chi connectivity index (χ4v) is 3.51. The highest BCUT2D eigenvalue weighted by Crippen LogP contribution is 2.26. The molecule has 1 atom stereocenters. The molecule has 4 nitrogen and oxygen atoms in total. The van der Waals surface area contributed by atoms with Gasteiger partial charge in [0.2, 0.25) is 0 Å². The summed E-state index contributed by atoms with van der Waals surface area (Å²) in [6, 6.07) is 9.24. The molecule has 0 unspecified atom stereocenters. The Balaban J connectivity index is 1.53. The lowest BCUT2D eigenvalue weighted by Crippen LogP contribution is -2.28. The van der Waals surface area contributed by atoms with Crippen molar-refractivity contribution in [3.8, 4) is 11.3 Å². The van der Waals surface area contributed by atoms with Crippen LogP contribution in [0.1, 0.15) is 25.5 Å². The van der Waals surface area contributed by atoms with Gasteiger partial charge in [-0.3, -0.25) is 0 Å². The average Bonchev–Trinajstić information content (AvgIpc) is 3.24. The maximum Gasteiger partial charge on any atom is 0.134 e. The van der Waals surface area contributed by atoms with Gasteiger partial charge in [0.05, 0.1) is 12.0 Å². The molecular weight excluding hydrogens is 286 g/mol. The molecule has 1 aliphatic heterocycles. The highest BCUT2D eigenvalue weighted by molar-refractivity contribution is 5.83. The van der Waals surface area contributed by atoms with Crippen LogP contribution < -0.4 is 0 Å². The number of furan rings is 1. The molecule has 0 saturated carbocycles. The van der Waals surface area contributed by atoms with Gasteiger partial charge in [-0.1, -0.05) is 12.1 Å². The first-order valence-corrected chi connectivity index (χ1v) is 8.44. The monoisotopic (exact) mass is 309 g/mol. The van der Waals surface area contributed by atoms with Gasteiger partial charge in [0.1, 0.15) is 11.3 Å². The number of aryl methyl sites for hydroxylation is 1. The Bertz CT molecular complexity index is 817. The molecule has 0 radical (unpaired) electrons. The molecule has 1 aliphatic rings. The minimum Gasteiger partial charge on any atom is -0.461 e. The van der Waals surface area contributed by atoms with Gasteiger partial charge < -0.3 is 13.9 Å². The Kier molecular flexibility index (Phi) is 3.69. The minimum atomic E-state index is 0.718. The van der Waals surface area contributed by atoms with E-state index in [9.17, 15) is 0 Å². The van der Waals surface area contributed by atoms with Crippen LogP contribution >= 0.6 is 0 Å². The van der Waals surface area contributed by atoms with Crippen molar-refractivity contribution in [1.82, 2.24) is 14.5 Å². The van der Waals surface area contributed by atoms with Gasteiger partial charge >= 0.3 is 0 Å². The first kappa shape index (κ1) is 14.5. The minimum absolute atomic E-state index is 0.718. The van der Waals surface area contributed by atoms with Crippen LogP contribution in [0.4, 0.5) is 0 Å². The molecule has 23 heavy (non-hydrogen) atoms. The summed E-state index contributed by atoms with van der Waals surface area (Å²) in [5.74, 6) is 1.08. The quantitative estimate of drug-likeness (QED) is 0.734. The Morgan fingerprint density at radius 2 is 2.22 bits per heavy atom. The molecule has 1 fully saturated rings. The van der Waals surface area contributed by atoms with E-state index < -0.39 is 0 Å². The van der Waals surface area contributed by atoms with Gasteiger partial charge in [0.25, 0.3) is 0 Å². The zero-order valence-corrected chi connectivity index (χ0v) is 13.8. The number of hydrogen-bond donors (Lipinski definition) is 0. The van der Waals surface area contributed by atoms with Gasteiger partial charge in [-0.2, -0.15) is 0 Å². The summed E-state index contributed by atoms with van der Waals surface area (Å²) >= 11 is 0. The van der Waals surface area contributed by atoms with Gasteiger partial charge in [0, 0.05) is 43.2 Å². The molecule has 3 heterocycles. The molecular formula is C19H23N3O. The SMILES string of the molecule is C[C@@H]1CCCN1CCc1cc2ccc(-c3cn(C)cn3)cc2o1. The van der Waals surface area contributed by atoms with E-state index >= 15 is 0 Å². The summed E-state index contributed by atoms with van der Waals surface area (Å²) in [6.07, 6.45) is 7.49. The van der Waals surface area contributed by atoms with Crippen LogP contribution in [0.15, 0.2) is 41.2 Å². The Hall–Kier alpha value is -2.07. The van der Waals surface area contributed by atoms with E-state index in [1.54, 1.807) is 0 Å². The van der Waals surface area contributed by atoms with Crippen LogP contribution in [0.3, 0.4) is 0 Å². The highest BCUT2D eigenvalue weighted by atomic mass is 16.3. The Morgan fingerprint density at radius 1 is 1.30 bits per heavy atom. The van der Waals surface area contributed by atoms with Crippen LogP contribution in [-0.2, 0) is 13.5 Å². The highest BCUT2D eigenvalue weighted by Gasteiger charge is 2.20. The van der Waals surface area contributed by atoms with Crippen molar-refractivity contribution < 1.29 is 4.42 Å². The second-order valence-corrected chi connectivity index (χ2v) is 6.67. The molecule has 0 spiro atoms. The molecule has 4 rings (SSSR count). The predicted molar refractivity (Wildman–Crippen MR) is 92.4 cm³/mol. The van der Waals surface area contributed by atoms with E-state index in [2.05, 4.69) is 41.1 Å². The second kappa shape index (κ2) is 5.85. The first-order chi connectivity index (χ1) is 11.2. The topological polar surface area (TPSA) is 34.2 Å². The van der Waals surface area contributed by atoms with Crippen LogP contribution in [0.25, 0.3) is 22.2 Å². The zero-order chi connectivity index (χ0) is 15.8. The number of likely N-dealkylation sites (tertiary alicyclic amines) is 1. The number of benzene rings is 1. The number of nitrogens with zero attached hydrogens (tertiary/aromatic N) is 3. The van der Waals surface area contributed by atoms with Crippen molar-refractivity contribution in [2.75, 3.05) is 13.1 Å². The van der Waals surface area contributed by atoms with Crippen LogP contribution in [0.5, 0.6) is 0 Å². The number of hydrogen-bond acceptors (Lipinski definition) is 3. The van der Waals surface area contributed by atoms with Crippen LogP contribution in [-0.4, -0.2) is 33.6 Å². The molecule has 0 amide bonds. The van der Waals surface area contributed by atoms with E-state index in [4.69, 9.17) is 4.42 Å². The molecule has 0 bridgehead atoms. The summed E-state index contributed by atoms with van der Waals surface area (Å²) in [6.45, 7) is 4.64. The largest absolute Gasteiger partial charge is 0.461 e. The smallest absolute Gasteiger partial charge is 0.134 e. The molecule has 2 aromatic heterocycles. The van der Waals surface area contributed by atoms with Crippen molar-refractivity contribution in [2.45, 2.75) is 32.2 Å². The summed E-state index contributed by atoms with van der Waals surface area (Å²) < 4.78 is 8.03. The maximum absolute atomic E-state index is 6.07. The second-order valence-electron chi connectivity index (χ2n) is 6.67. The van der Waals surface area contributed by atoms with Gasteiger partial charge in [-0.05, 0) is 38.4 Å². The fraction of sp³-hybridized carbons (Fsp3) is 0.421. The molecule has 0 N–H and O–H groups in total. The van der Waals surface area contributed by atoms with Crippen LogP contribution in [0.2, 0.25) is 0 Å². The molecule has 120 valence electrons. The summed E-state index contributed by atoms with van der Waals surface area (Å²) in [4.78, 5) is 6.97. The summed E-state index contributed by atoms with van der Waals surface area (Å²) in [5, 5.41) is 1.18. The van der Waals surface area contributed by atoms with Crippen molar-refractivity contribution in [1.29, 1.82) is 0 Å². The normalized spacial score (nSPS) is 19.0. The number of rotatable bonds is 4. The lowest BCUT2D eigenvalue weighted by molar-refractivity contribution is 0.266. The third kappa shape index (κ3) is 2.91. The zero-order valence-electron chi connectivity index (χ0n) is 13.8. The molecule has 0 aliphatic carbocycles. The number of fused-ring (bicyclic) bond motifs is 1. The van der Waals surface area contributed by atoms with E-state index in [0.717, 1.165) is 41.6 Å². The summed E-state index contributed by atoms with van der Waals surface area (Å²) in [5.41, 5.74) is 3.04.